The molecule has 3 N–H and O–H groups in total. The van der Waals surface area contributed by atoms with E-state index in [1.165, 1.54) is 0 Å². The molecule has 0 heterocycles. The Kier molecular flexibility index (Phi) is 3.86. The SMILES string of the molecule is CCC(C(N)=S)S(=O)(=O)NCC1CC1. The van der Waals surface area contributed by atoms with E-state index in [0.29, 0.717) is 18.9 Å². The van der Waals surface area contributed by atoms with Gasteiger partial charge in [0.1, 0.15) is 5.25 Å². The third-order valence-electron chi connectivity index (χ3n) is 2.33. The van der Waals surface area contributed by atoms with Crippen molar-refractivity contribution in [1.29, 1.82) is 0 Å². The zero-order valence-corrected chi connectivity index (χ0v) is 9.83. The van der Waals surface area contributed by atoms with Crippen molar-refractivity contribution in [2.75, 3.05) is 6.54 Å². The van der Waals surface area contributed by atoms with Crippen molar-refractivity contribution in [2.24, 2.45) is 11.7 Å². The van der Waals surface area contributed by atoms with E-state index in [1.807, 2.05) is 0 Å². The van der Waals surface area contributed by atoms with Gasteiger partial charge in [0.05, 0.1) is 4.99 Å². The third kappa shape index (κ3) is 3.18. The van der Waals surface area contributed by atoms with Crippen LogP contribution in [0.25, 0.3) is 0 Å². The molecule has 1 aliphatic carbocycles. The molecule has 0 aliphatic heterocycles. The Morgan fingerprint density at radius 3 is 2.57 bits per heavy atom. The summed E-state index contributed by atoms with van der Waals surface area (Å²) in [4.78, 5) is 0.0517. The topological polar surface area (TPSA) is 72.2 Å². The van der Waals surface area contributed by atoms with Gasteiger partial charge in [-0.2, -0.15) is 0 Å². The summed E-state index contributed by atoms with van der Waals surface area (Å²) in [5, 5.41) is -0.726. The zero-order chi connectivity index (χ0) is 10.8. The van der Waals surface area contributed by atoms with Gasteiger partial charge in [-0.05, 0) is 25.2 Å². The average Bonchev–Trinajstić information content (AvgIpc) is 2.83. The molecule has 1 unspecified atom stereocenters. The van der Waals surface area contributed by atoms with Crippen LogP contribution in [-0.4, -0.2) is 25.2 Å². The Bertz CT molecular complexity index is 309. The molecule has 6 heteroatoms. The largest absolute Gasteiger partial charge is 0.392 e. The second-order valence-electron chi connectivity index (χ2n) is 3.64. The van der Waals surface area contributed by atoms with Gasteiger partial charge in [0.25, 0.3) is 0 Å². The second-order valence-corrected chi connectivity index (χ2v) is 6.06. The fourth-order valence-corrected chi connectivity index (χ4v) is 3.19. The Balaban J connectivity index is 2.55. The predicted octanol–water partition coefficient (Wildman–Crippen LogP) is 0.380. The van der Waals surface area contributed by atoms with Gasteiger partial charge in [-0.1, -0.05) is 19.1 Å². The minimum atomic E-state index is -3.34. The van der Waals surface area contributed by atoms with Gasteiger partial charge in [-0.3, -0.25) is 0 Å². The maximum atomic E-state index is 11.7. The lowest BCUT2D eigenvalue weighted by atomic mass is 10.3. The quantitative estimate of drug-likeness (QED) is 0.654. The molecular weight excluding hydrogens is 220 g/mol. The maximum Gasteiger partial charge on any atom is 0.221 e. The monoisotopic (exact) mass is 236 g/mol. The van der Waals surface area contributed by atoms with Crippen molar-refractivity contribution < 1.29 is 8.42 Å². The van der Waals surface area contributed by atoms with Crippen LogP contribution in [0.2, 0.25) is 0 Å². The van der Waals surface area contributed by atoms with Gasteiger partial charge < -0.3 is 5.73 Å². The summed E-state index contributed by atoms with van der Waals surface area (Å²) in [5.74, 6) is 0.522. The predicted molar refractivity (Wildman–Crippen MR) is 60.5 cm³/mol. The van der Waals surface area contributed by atoms with Crippen molar-refractivity contribution in [1.82, 2.24) is 4.72 Å². The molecule has 14 heavy (non-hydrogen) atoms. The normalized spacial score (nSPS) is 19.2. The number of nitrogens with two attached hydrogens (primary N) is 1. The van der Waals surface area contributed by atoms with Crippen LogP contribution in [0.1, 0.15) is 26.2 Å². The Labute approximate surface area is 90.3 Å². The molecular formula is C8H16N2O2S2. The molecule has 1 fully saturated rings. The van der Waals surface area contributed by atoms with Crippen LogP contribution in [0.5, 0.6) is 0 Å². The number of nitrogens with one attached hydrogen (secondary N) is 1. The molecule has 0 radical (unpaired) electrons. The molecule has 82 valence electrons. The average molecular weight is 236 g/mol. The lowest BCUT2D eigenvalue weighted by molar-refractivity contribution is 0.570. The lowest BCUT2D eigenvalue weighted by Crippen LogP contribution is -2.42. The van der Waals surface area contributed by atoms with E-state index in [-0.39, 0.29) is 4.99 Å². The number of rotatable bonds is 6. The van der Waals surface area contributed by atoms with Gasteiger partial charge in [0.15, 0.2) is 0 Å². The first-order chi connectivity index (χ1) is 6.47. The molecule has 0 aromatic heterocycles. The summed E-state index contributed by atoms with van der Waals surface area (Å²) in [6, 6.07) is 0. The summed E-state index contributed by atoms with van der Waals surface area (Å²) in [6.45, 7) is 2.29. The van der Waals surface area contributed by atoms with Gasteiger partial charge in [-0.25, -0.2) is 13.1 Å². The number of hydrogen-bond acceptors (Lipinski definition) is 3. The molecule has 0 bridgehead atoms. The van der Waals surface area contributed by atoms with Crippen LogP contribution in [0.15, 0.2) is 0 Å². The Morgan fingerprint density at radius 2 is 2.21 bits per heavy atom. The first kappa shape index (κ1) is 11.9. The third-order valence-corrected chi connectivity index (χ3v) is 4.67. The van der Waals surface area contributed by atoms with E-state index < -0.39 is 15.3 Å². The highest BCUT2D eigenvalue weighted by atomic mass is 32.2. The van der Waals surface area contributed by atoms with Crippen LogP contribution in [-0.2, 0) is 10.0 Å². The molecule has 0 aromatic rings. The summed E-state index contributed by atoms with van der Waals surface area (Å²) in [6.07, 6.45) is 2.66. The zero-order valence-electron chi connectivity index (χ0n) is 8.19. The van der Waals surface area contributed by atoms with Crippen LogP contribution >= 0.6 is 12.2 Å². The van der Waals surface area contributed by atoms with Crippen molar-refractivity contribution in [2.45, 2.75) is 31.4 Å². The van der Waals surface area contributed by atoms with Crippen molar-refractivity contribution in [3.05, 3.63) is 0 Å². The van der Waals surface area contributed by atoms with Gasteiger partial charge in [-0.15, -0.1) is 0 Å². The van der Waals surface area contributed by atoms with Crippen LogP contribution in [0, 0.1) is 5.92 Å². The first-order valence-corrected chi connectivity index (χ1v) is 6.70. The standard InChI is InChI=1S/C8H16N2O2S2/c1-2-7(8(9)13)14(11,12)10-5-6-3-4-6/h6-7,10H,2-5H2,1H3,(H2,9,13). The molecule has 4 nitrogen and oxygen atoms in total. The van der Waals surface area contributed by atoms with Gasteiger partial charge in [0, 0.05) is 6.54 Å². The summed E-state index contributed by atoms with van der Waals surface area (Å²) in [5.41, 5.74) is 5.37. The summed E-state index contributed by atoms with van der Waals surface area (Å²) >= 11 is 4.72. The molecule has 1 saturated carbocycles. The Hall–Kier alpha value is -0.200. The highest BCUT2D eigenvalue weighted by molar-refractivity contribution is 7.93. The van der Waals surface area contributed by atoms with Crippen LogP contribution in [0.3, 0.4) is 0 Å². The maximum absolute atomic E-state index is 11.7. The van der Waals surface area contributed by atoms with E-state index >= 15 is 0 Å². The first-order valence-electron chi connectivity index (χ1n) is 4.75. The molecule has 0 amide bonds. The number of hydrogen-bond donors (Lipinski definition) is 2. The van der Waals surface area contributed by atoms with Crippen molar-refractivity contribution in [3.8, 4) is 0 Å². The number of sulfonamides is 1. The highest BCUT2D eigenvalue weighted by Crippen LogP contribution is 2.28. The molecule has 1 atom stereocenters. The lowest BCUT2D eigenvalue weighted by Gasteiger charge is -2.14. The fraction of sp³-hybridized carbons (Fsp3) is 0.875. The smallest absolute Gasteiger partial charge is 0.221 e. The van der Waals surface area contributed by atoms with Crippen molar-refractivity contribution in [3.63, 3.8) is 0 Å². The van der Waals surface area contributed by atoms with E-state index in [0.717, 1.165) is 12.8 Å². The molecule has 1 rings (SSSR count). The fourth-order valence-electron chi connectivity index (χ4n) is 1.23. The highest BCUT2D eigenvalue weighted by Gasteiger charge is 2.29. The van der Waals surface area contributed by atoms with Gasteiger partial charge >= 0.3 is 0 Å². The van der Waals surface area contributed by atoms with E-state index in [9.17, 15) is 8.42 Å². The number of thiocarbonyl (C=S) groups is 1. The molecule has 0 saturated heterocycles. The van der Waals surface area contributed by atoms with E-state index in [4.69, 9.17) is 18.0 Å². The molecule has 1 aliphatic rings. The minimum absolute atomic E-state index is 0.0517. The van der Waals surface area contributed by atoms with E-state index in [2.05, 4.69) is 4.72 Å². The van der Waals surface area contributed by atoms with Crippen LogP contribution < -0.4 is 10.5 Å². The second kappa shape index (κ2) is 4.55. The Morgan fingerprint density at radius 1 is 1.64 bits per heavy atom. The van der Waals surface area contributed by atoms with E-state index in [1.54, 1.807) is 6.92 Å². The molecule has 0 aromatic carbocycles. The summed E-state index contributed by atoms with van der Waals surface area (Å²) in [7, 11) is -3.34. The van der Waals surface area contributed by atoms with Gasteiger partial charge in [0.2, 0.25) is 10.0 Å². The van der Waals surface area contributed by atoms with Crippen molar-refractivity contribution >= 4 is 27.2 Å². The van der Waals surface area contributed by atoms with Crippen LogP contribution in [0.4, 0.5) is 0 Å². The summed E-state index contributed by atoms with van der Waals surface area (Å²) < 4.78 is 25.9. The minimum Gasteiger partial charge on any atom is -0.392 e. The molecule has 0 spiro atoms.